The van der Waals surface area contributed by atoms with Crippen molar-refractivity contribution in [3.8, 4) is 22.9 Å². The molecule has 0 amide bonds. The number of hydrogen-bond donors (Lipinski definition) is 0. The van der Waals surface area contributed by atoms with Gasteiger partial charge in [0.05, 0.1) is 23.8 Å². The van der Waals surface area contributed by atoms with Crippen molar-refractivity contribution in [3.05, 3.63) is 97.8 Å². The molecule has 0 aliphatic carbocycles. The molecule has 3 aromatic carbocycles. The number of rotatable bonds is 12. The molecule has 1 heterocycles. The molecule has 0 unspecified atom stereocenters. The van der Waals surface area contributed by atoms with Crippen LogP contribution in [0.2, 0.25) is 10.0 Å². The molecule has 204 valence electrons. The highest BCUT2D eigenvalue weighted by Gasteiger charge is 2.25. The van der Waals surface area contributed by atoms with Crippen LogP contribution in [0.15, 0.2) is 65.8 Å². The predicted molar refractivity (Wildman–Crippen MR) is 152 cm³/mol. The summed E-state index contributed by atoms with van der Waals surface area (Å²) in [4.78, 5) is 11.3. The van der Waals surface area contributed by atoms with E-state index in [4.69, 9.17) is 37.4 Å². The molecule has 1 aromatic heterocycles. The first-order chi connectivity index (χ1) is 18.8. The monoisotopic (exact) mass is 588 g/mol. The number of halogens is 2. The van der Waals surface area contributed by atoms with Crippen LogP contribution in [0.4, 0.5) is 0 Å². The number of aryl methyl sites for hydroxylation is 1. The molecule has 0 N–H and O–H groups in total. The van der Waals surface area contributed by atoms with E-state index in [0.717, 1.165) is 17.0 Å². The van der Waals surface area contributed by atoms with Crippen molar-refractivity contribution in [1.29, 1.82) is 0 Å². The number of benzene rings is 3. The van der Waals surface area contributed by atoms with Crippen molar-refractivity contribution in [2.24, 2.45) is 0 Å². The van der Waals surface area contributed by atoms with Gasteiger partial charge >= 0.3 is 0 Å². The zero-order chi connectivity index (χ0) is 27.9. The Balaban J connectivity index is 1.58. The van der Waals surface area contributed by atoms with E-state index >= 15 is 0 Å². The first-order valence-electron chi connectivity index (χ1n) is 12.0. The zero-order valence-electron chi connectivity index (χ0n) is 21.5. The van der Waals surface area contributed by atoms with E-state index < -0.39 is 5.25 Å². The van der Waals surface area contributed by atoms with E-state index in [9.17, 15) is 10.1 Å². The van der Waals surface area contributed by atoms with Crippen LogP contribution < -0.4 is 14.2 Å². The largest absolute Gasteiger partial charge is 0.494 e. The van der Waals surface area contributed by atoms with Crippen LogP contribution in [-0.4, -0.2) is 39.9 Å². The Bertz CT molecular complexity index is 1450. The summed E-state index contributed by atoms with van der Waals surface area (Å²) in [5.74, 6) is 2.35. The molecule has 4 aromatic rings. The molecule has 39 heavy (non-hydrogen) atoms. The van der Waals surface area contributed by atoms with E-state index in [2.05, 4.69) is 10.2 Å². The average Bonchev–Trinajstić information content (AvgIpc) is 3.28. The minimum absolute atomic E-state index is 0.240. The number of ether oxygens (including phenoxy) is 3. The molecule has 0 radical (unpaired) electrons. The molecule has 9 nitrogen and oxygen atoms in total. The number of hydrogen-bond acceptors (Lipinski definition) is 8. The van der Waals surface area contributed by atoms with Crippen LogP contribution in [0.1, 0.15) is 29.1 Å². The van der Waals surface area contributed by atoms with Crippen molar-refractivity contribution in [1.82, 2.24) is 14.8 Å². The first-order valence-corrected chi connectivity index (χ1v) is 13.6. The van der Waals surface area contributed by atoms with E-state index in [0.29, 0.717) is 44.7 Å². The van der Waals surface area contributed by atoms with E-state index in [1.165, 1.54) is 18.9 Å². The molecule has 0 bridgehead atoms. The molecular formula is C27H26Cl2N4O5S. The van der Waals surface area contributed by atoms with Crippen molar-refractivity contribution in [2.45, 2.75) is 30.9 Å². The highest BCUT2D eigenvalue weighted by Crippen LogP contribution is 2.40. The SMILES string of the molecule is CCOc1ccc(-n2c(C)nnc2S[C@H](C[N+](=O)[O-])c2ccc(OCc3ccc(Cl)c(Cl)c3)c(OC)c2)cc1. The molecule has 0 spiro atoms. The van der Waals surface area contributed by atoms with Crippen molar-refractivity contribution in [2.75, 3.05) is 20.3 Å². The summed E-state index contributed by atoms with van der Waals surface area (Å²) >= 11 is 13.4. The van der Waals surface area contributed by atoms with Crippen LogP contribution in [0, 0.1) is 17.0 Å². The Hall–Kier alpha value is -3.47. The zero-order valence-corrected chi connectivity index (χ0v) is 23.8. The Morgan fingerprint density at radius 2 is 1.77 bits per heavy atom. The number of nitro groups is 1. The van der Waals surface area contributed by atoms with Gasteiger partial charge < -0.3 is 14.2 Å². The van der Waals surface area contributed by atoms with Gasteiger partial charge in [-0.1, -0.05) is 47.1 Å². The summed E-state index contributed by atoms with van der Waals surface area (Å²) in [6.07, 6.45) is 0. The third-order valence-corrected chi connectivity index (χ3v) is 7.62. The lowest BCUT2D eigenvalue weighted by Crippen LogP contribution is -2.11. The van der Waals surface area contributed by atoms with Crippen LogP contribution in [0.5, 0.6) is 17.2 Å². The third-order valence-electron chi connectivity index (χ3n) is 5.70. The maximum atomic E-state index is 11.6. The maximum Gasteiger partial charge on any atom is 0.220 e. The van der Waals surface area contributed by atoms with Gasteiger partial charge in [-0.15, -0.1) is 10.2 Å². The average molecular weight is 590 g/mol. The predicted octanol–water partition coefficient (Wildman–Crippen LogP) is 6.98. The highest BCUT2D eigenvalue weighted by atomic mass is 35.5. The van der Waals surface area contributed by atoms with Crippen molar-refractivity contribution >= 4 is 35.0 Å². The molecule has 0 aliphatic rings. The van der Waals surface area contributed by atoms with Crippen LogP contribution in [0.25, 0.3) is 5.69 Å². The second-order valence-corrected chi connectivity index (χ2v) is 10.3. The highest BCUT2D eigenvalue weighted by molar-refractivity contribution is 7.99. The smallest absolute Gasteiger partial charge is 0.220 e. The third kappa shape index (κ3) is 7.14. The molecular weight excluding hydrogens is 563 g/mol. The van der Waals surface area contributed by atoms with Gasteiger partial charge in [0.1, 0.15) is 23.4 Å². The Labute approximate surface area is 240 Å². The number of methoxy groups -OCH3 is 1. The normalized spacial score (nSPS) is 11.7. The van der Waals surface area contributed by atoms with Crippen LogP contribution in [-0.2, 0) is 6.61 Å². The van der Waals surface area contributed by atoms with Crippen molar-refractivity contribution in [3.63, 3.8) is 0 Å². The van der Waals surface area contributed by atoms with Crippen LogP contribution >= 0.6 is 35.0 Å². The van der Waals surface area contributed by atoms with Gasteiger partial charge in [-0.2, -0.15) is 0 Å². The first kappa shape index (κ1) is 28.5. The fraction of sp³-hybridized carbons (Fsp3) is 0.259. The maximum absolute atomic E-state index is 11.6. The van der Waals surface area contributed by atoms with Gasteiger partial charge in [0.25, 0.3) is 0 Å². The topological polar surface area (TPSA) is 102 Å². The lowest BCUT2D eigenvalue weighted by molar-refractivity contribution is -0.479. The lowest BCUT2D eigenvalue weighted by Gasteiger charge is -2.17. The lowest BCUT2D eigenvalue weighted by atomic mass is 10.1. The molecule has 0 fully saturated rings. The van der Waals surface area contributed by atoms with E-state index in [1.807, 2.05) is 48.7 Å². The number of thioether (sulfide) groups is 1. The molecule has 1 atom stereocenters. The van der Waals surface area contributed by atoms with E-state index in [-0.39, 0.29) is 18.1 Å². The standard InChI is InChI=1S/C27H26Cl2N4O5S/c1-4-37-21-9-7-20(8-10-21)33-17(2)30-31-27(33)39-26(15-32(34)35)19-6-12-24(25(14-19)36-3)38-16-18-5-11-22(28)23(29)13-18/h5-14,26H,4,15-16H2,1-3H3/t26-/m1/s1. The van der Waals surface area contributed by atoms with Gasteiger partial charge in [-0.05, 0) is 73.5 Å². The Kier molecular flexibility index (Phi) is 9.55. The molecule has 0 aliphatic heterocycles. The molecule has 12 heteroatoms. The minimum Gasteiger partial charge on any atom is -0.494 e. The summed E-state index contributed by atoms with van der Waals surface area (Å²) in [7, 11) is 1.52. The summed E-state index contributed by atoms with van der Waals surface area (Å²) in [6.45, 7) is 4.23. The summed E-state index contributed by atoms with van der Waals surface area (Å²) < 4.78 is 18.9. The summed E-state index contributed by atoms with van der Waals surface area (Å²) in [5, 5.41) is 21.0. The molecule has 4 rings (SSSR count). The summed E-state index contributed by atoms with van der Waals surface area (Å²) in [5.41, 5.74) is 2.35. The fourth-order valence-corrected chi connectivity index (χ4v) is 5.33. The Morgan fingerprint density at radius 3 is 2.44 bits per heavy atom. The van der Waals surface area contributed by atoms with Gasteiger partial charge in [0.15, 0.2) is 16.7 Å². The molecule has 0 saturated carbocycles. The van der Waals surface area contributed by atoms with Gasteiger partial charge in [-0.3, -0.25) is 14.7 Å². The second-order valence-electron chi connectivity index (χ2n) is 8.36. The van der Waals surface area contributed by atoms with Gasteiger partial charge in [0, 0.05) is 10.6 Å². The van der Waals surface area contributed by atoms with E-state index in [1.54, 1.807) is 30.3 Å². The molecule has 0 saturated heterocycles. The number of nitrogens with zero attached hydrogens (tertiary/aromatic N) is 4. The fourth-order valence-electron chi connectivity index (χ4n) is 3.84. The quantitative estimate of drug-likeness (QED) is 0.0991. The minimum atomic E-state index is -0.567. The summed E-state index contributed by atoms with van der Waals surface area (Å²) in [6, 6.07) is 18.1. The Morgan fingerprint density at radius 1 is 1.00 bits per heavy atom. The second kappa shape index (κ2) is 13.1. The van der Waals surface area contributed by atoms with Crippen molar-refractivity contribution < 1.29 is 19.1 Å². The van der Waals surface area contributed by atoms with Crippen LogP contribution in [0.3, 0.4) is 0 Å². The number of aromatic nitrogens is 3. The van der Waals surface area contributed by atoms with Gasteiger partial charge in [0.2, 0.25) is 6.54 Å². The van der Waals surface area contributed by atoms with Gasteiger partial charge in [-0.25, -0.2) is 0 Å².